The maximum Gasteiger partial charge on any atom is 0.0973 e. The molecule has 0 amide bonds. The average Bonchev–Trinajstić information content (AvgIpc) is 1.52. The zero-order valence-electron chi connectivity index (χ0n) is 55.6. The van der Waals surface area contributed by atoms with E-state index in [0.717, 1.165) is 79.2 Å². The molecular weight excluding hydrogens is 1230 g/mol. The van der Waals surface area contributed by atoms with Gasteiger partial charge in [0.1, 0.15) is 0 Å². The third kappa shape index (κ3) is 8.44. The van der Waals surface area contributed by atoms with E-state index >= 15 is 0 Å². The third-order valence-corrected chi connectivity index (χ3v) is 22.2. The molecule has 4 heteroatoms. The summed E-state index contributed by atoms with van der Waals surface area (Å²) in [5.41, 5.74) is 33.1. The molecule has 0 atom stereocenters. The lowest BCUT2D eigenvalue weighted by molar-refractivity contribution is 0.793. The molecule has 16 aromatic carbocycles. The molecule has 4 aliphatic carbocycles. The Morgan fingerprint density at radius 1 is 0.167 bits per heavy atom. The second-order valence-corrected chi connectivity index (χ2v) is 27.4. The first-order chi connectivity index (χ1) is 50.6. The lowest BCUT2D eigenvalue weighted by atomic mass is 9.70. The quantitative estimate of drug-likeness (QED) is 0.137. The van der Waals surface area contributed by atoms with Crippen molar-refractivity contribution in [2.24, 2.45) is 0 Å². The van der Waals surface area contributed by atoms with Crippen LogP contribution in [0, 0.1) is 0 Å². The van der Waals surface area contributed by atoms with Crippen molar-refractivity contribution in [3.8, 4) is 89.5 Å². The number of nitrogens with zero attached hydrogens (tertiary/aromatic N) is 4. The van der Waals surface area contributed by atoms with Crippen LogP contribution in [0.3, 0.4) is 0 Å². The Bertz CT molecular complexity index is 5760. The molecule has 0 bridgehead atoms. The molecule has 0 N–H and O–H groups in total. The van der Waals surface area contributed by atoms with Crippen LogP contribution in [0.1, 0.15) is 44.5 Å². The predicted molar refractivity (Wildman–Crippen MR) is 421 cm³/mol. The molecule has 102 heavy (non-hydrogen) atoms. The van der Waals surface area contributed by atoms with Crippen LogP contribution in [0.5, 0.6) is 0 Å². The molecule has 1 heterocycles. The number of aromatic nitrogens is 2. The fourth-order valence-corrected chi connectivity index (χ4v) is 17.9. The monoisotopic (exact) mass is 1290 g/mol. The molecule has 4 aliphatic rings. The summed E-state index contributed by atoms with van der Waals surface area (Å²) < 4.78 is 0. The highest BCUT2D eigenvalue weighted by Crippen LogP contribution is 2.65. The van der Waals surface area contributed by atoms with Crippen molar-refractivity contribution in [3.63, 3.8) is 0 Å². The van der Waals surface area contributed by atoms with Gasteiger partial charge in [-0.15, -0.1) is 0 Å². The number of hydrogen-bond acceptors (Lipinski definition) is 4. The van der Waals surface area contributed by atoms with Crippen LogP contribution in [0.4, 0.5) is 34.1 Å². The Hall–Kier alpha value is -13.3. The molecule has 21 rings (SSSR count). The van der Waals surface area contributed by atoms with E-state index in [1.165, 1.54) is 111 Å². The van der Waals surface area contributed by atoms with E-state index in [1.807, 2.05) is 0 Å². The lowest BCUT2D eigenvalue weighted by Crippen LogP contribution is -2.26. The van der Waals surface area contributed by atoms with E-state index in [9.17, 15) is 0 Å². The van der Waals surface area contributed by atoms with Crippen LogP contribution in [0.15, 0.2) is 376 Å². The molecular formula is C98H62N4. The van der Waals surface area contributed by atoms with Gasteiger partial charge in [0.2, 0.25) is 0 Å². The van der Waals surface area contributed by atoms with Crippen LogP contribution >= 0.6 is 0 Å². The van der Waals surface area contributed by atoms with Gasteiger partial charge in [-0.1, -0.05) is 303 Å². The van der Waals surface area contributed by atoms with Crippen LogP contribution in [0.2, 0.25) is 0 Å². The van der Waals surface area contributed by atoms with Crippen molar-refractivity contribution >= 4 is 55.7 Å². The largest absolute Gasteiger partial charge is 0.310 e. The minimum absolute atomic E-state index is 0.507. The van der Waals surface area contributed by atoms with Crippen molar-refractivity contribution in [2.75, 3.05) is 9.80 Å². The molecule has 474 valence electrons. The van der Waals surface area contributed by atoms with Crippen molar-refractivity contribution in [1.29, 1.82) is 0 Å². The van der Waals surface area contributed by atoms with E-state index in [-0.39, 0.29) is 0 Å². The number of rotatable bonds is 10. The Kier molecular flexibility index (Phi) is 12.8. The number of fused-ring (bicyclic) bond motifs is 22. The molecule has 1 aromatic heterocycles. The normalized spacial score (nSPS) is 13.3. The molecule has 0 aliphatic heterocycles. The summed E-state index contributed by atoms with van der Waals surface area (Å²) in [6.45, 7) is 0. The number of anilines is 6. The molecule has 0 saturated heterocycles. The maximum atomic E-state index is 5.84. The van der Waals surface area contributed by atoms with Gasteiger partial charge in [0, 0.05) is 56.4 Å². The van der Waals surface area contributed by atoms with Gasteiger partial charge in [0.25, 0.3) is 0 Å². The van der Waals surface area contributed by atoms with Gasteiger partial charge in [0.15, 0.2) is 0 Å². The van der Waals surface area contributed by atoms with Gasteiger partial charge in [-0.05, 0) is 183 Å². The van der Waals surface area contributed by atoms with Gasteiger partial charge < -0.3 is 9.80 Å². The number of benzene rings is 16. The Labute approximate surface area is 592 Å². The van der Waals surface area contributed by atoms with Gasteiger partial charge >= 0.3 is 0 Å². The van der Waals surface area contributed by atoms with Crippen molar-refractivity contribution in [2.45, 2.75) is 10.8 Å². The van der Waals surface area contributed by atoms with Crippen LogP contribution in [-0.2, 0) is 10.8 Å². The maximum absolute atomic E-state index is 5.84. The van der Waals surface area contributed by atoms with Gasteiger partial charge in [-0.25, -0.2) is 9.97 Å². The average molecular weight is 1300 g/mol. The van der Waals surface area contributed by atoms with Crippen LogP contribution in [-0.4, -0.2) is 9.97 Å². The van der Waals surface area contributed by atoms with E-state index in [4.69, 9.17) is 9.97 Å². The van der Waals surface area contributed by atoms with Gasteiger partial charge in [-0.2, -0.15) is 0 Å². The Morgan fingerprint density at radius 3 is 0.725 bits per heavy atom. The lowest BCUT2D eigenvalue weighted by Gasteiger charge is -2.32. The van der Waals surface area contributed by atoms with E-state index in [0.29, 0.717) is 0 Å². The first kappa shape index (κ1) is 57.8. The molecule has 2 spiro atoms. The van der Waals surface area contributed by atoms with Crippen LogP contribution in [0.25, 0.3) is 111 Å². The summed E-state index contributed by atoms with van der Waals surface area (Å²) in [6.07, 6.45) is 0. The highest BCUT2D eigenvalue weighted by atomic mass is 15.1. The highest BCUT2D eigenvalue weighted by molar-refractivity contribution is 6.00. The summed E-state index contributed by atoms with van der Waals surface area (Å²) in [6, 6.07) is 139. The summed E-state index contributed by atoms with van der Waals surface area (Å²) >= 11 is 0. The topological polar surface area (TPSA) is 32.3 Å². The fourth-order valence-electron chi connectivity index (χ4n) is 17.9. The SMILES string of the molecule is c1ccc(-c2nc(-c3ccc(N(c4ccc5c(c4)C4(c6ccccc6-c6ccccc64)c4ccccc4-5)c4ccc5ccccc5c4)cc3)c(-c3ccc(N(c4ccc5c(c4)C4(c6ccccc6-c6ccccc64)c4ccccc4-5)c4ccc5ccccc5c4)cc3)nc2-c2ccccc2)cc1. The molecule has 17 aromatic rings. The molecule has 0 unspecified atom stereocenters. The zero-order valence-corrected chi connectivity index (χ0v) is 55.6. The molecule has 0 fully saturated rings. The van der Waals surface area contributed by atoms with E-state index in [2.05, 4.69) is 386 Å². The molecule has 0 saturated carbocycles. The van der Waals surface area contributed by atoms with Crippen molar-refractivity contribution in [1.82, 2.24) is 9.97 Å². The smallest absolute Gasteiger partial charge is 0.0973 e. The van der Waals surface area contributed by atoms with E-state index in [1.54, 1.807) is 0 Å². The van der Waals surface area contributed by atoms with Crippen molar-refractivity contribution in [3.05, 3.63) is 421 Å². The fraction of sp³-hybridized carbons (Fsp3) is 0.0204. The van der Waals surface area contributed by atoms with E-state index < -0.39 is 10.8 Å². The van der Waals surface area contributed by atoms with Crippen molar-refractivity contribution < 1.29 is 0 Å². The summed E-state index contributed by atoms with van der Waals surface area (Å²) in [5, 5.41) is 4.73. The predicted octanol–water partition coefficient (Wildman–Crippen LogP) is 25.1. The minimum atomic E-state index is -0.507. The summed E-state index contributed by atoms with van der Waals surface area (Å²) in [7, 11) is 0. The Morgan fingerprint density at radius 2 is 0.402 bits per heavy atom. The summed E-state index contributed by atoms with van der Waals surface area (Å²) in [5.74, 6) is 0. The zero-order chi connectivity index (χ0) is 67.0. The van der Waals surface area contributed by atoms with Gasteiger partial charge in [0.05, 0.1) is 33.6 Å². The standard InChI is InChI=1S/C98H62N4/c1-3-25-65(26-4-1)93-94(66-27-5-2-6-28-66)100-96(68-47-51-72(52-48-68)102(74-54-44-64-24-8-10-30-70(64)60-74)76-56-58-84-82-36-16-22-42-90(82)98(92(84)62-76)87-39-19-13-33-79(87)80-34-14-20-40-88(80)98)95(99-93)67-45-49-71(50-46-67)101(73-53-43-63-23-7-9-29-69(63)59-73)75-55-57-83-81-35-15-21-41-89(81)97(91(83)61-75)85-37-17-11-31-77(85)78-32-12-18-38-86(78)97/h1-62H. The highest BCUT2D eigenvalue weighted by Gasteiger charge is 2.53. The molecule has 4 nitrogen and oxygen atoms in total. The first-order valence-electron chi connectivity index (χ1n) is 35.3. The Balaban J connectivity index is 0.733. The minimum Gasteiger partial charge on any atom is -0.310 e. The number of hydrogen-bond donors (Lipinski definition) is 0. The second-order valence-electron chi connectivity index (χ2n) is 27.4. The third-order valence-electron chi connectivity index (χ3n) is 22.2. The van der Waals surface area contributed by atoms with Gasteiger partial charge in [-0.3, -0.25) is 0 Å². The first-order valence-corrected chi connectivity index (χ1v) is 35.3. The second kappa shape index (κ2) is 22.6. The summed E-state index contributed by atoms with van der Waals surface area (Å²) in [4.78, 5) is 16.6. The molecule has 0 radical (unpaired) electrons. The van der Waals surface area contributed by atoms with Crippen LogP contribution < -0.4 is 9.80 Å².